The molecule has 0 radical (unpaired) electrons. The molecule has 0 aromatic rings. The third kappa shape index (κ3) is 4.67. The molecule has 0 aromatic carbocycles. The number of carbonyl (C=O) groups excluding carboxylic acids is 2. The minimum Gasteiger partial charge on any atom is -0.463 e. The molecule has 10 heteroatoms. The van der Waals surface area contributed by atoms with Gasteiger partial charge in [-0.15, -0.1) is 0 Å². The van der Waals surface area contributed by atoms with E-state index in [1.165, 1.54) is 6.08 Å². The second-order valence-corrected chi connectivity index (χ2v) is 12.4. The van der Waals surface area contributed by atoms with Crippen molar-refractivity contribution in [2.24, 2.45) is 22.7 Å². The first-order valence-corrected chi connectivity index (χ1v) is 14.1. The number of epoxide rings is 1. The van der Waals surface area contributed by atoms with Gasteiger partial charge in [-0.3, -0.25) is 0 Å². The molecule has 10 nitrogen and oxygen atoms in total. The Morgan fingerprint density at radius 3 is 2.46 bits per heavy atom. The number of aliphatic hydroxyl groups is 3. The fourth-order valence-corrected chi connectivity index (χ4v) is 7.43. The molecule has 2 aliphatic carbocycles. The second kappa shape index (κ2) is 10.5. The van der Waals surface area contributed by atoms with Crippen LogP contribution in [-0.2, 0) is 33.3 Å². The number of rotatable bonds is 1. The molecule has 0 amide bonds. The Balaban J connectivity index is 1.51. The smallest absolute Gasteiger partial charge is 0.335 e. The van der Waals surface area contributed by atoms with Crippen LogP contribution in [-0.4, -0.2) is 95.4 Å². The molecule has 5 rings (SSSR count). The van der Waals surface area contributed by atoms with E-state index < -0.39 is 64.8 Å². The molecular formula is C29H42O10. The number of cyclic esters (lactones) is 1. The van der Waals surface area contributed by atoms with Crippen molar-refractivity contribution in [1.29, 1.82) is 0 Å². The van der Waals surface area contributed by atoms with E-state index in [0.29, 0.717) is 25.9 Å². The van der Waals surface area contributed by atoms with Crippen molar-refractivity contribution < 1.29 is 48.6 Å². The molecule has 3 aliphatic heterocycles. The highest BCUT2D eigenvalue weighted by molar-refractivity contribution is 5.82. The van der Waals surface area contributed by atoms with Crippen LogP contribution in [0.5, 0.6) is 0 Å². The highest BCUT2D eigenvalue weighted by atomic mass is 16.6. The molecule has 4 fully saturated rings. The highest BCUT2D eigenvalue weighted by Gasteiger charge is 2.83. The zero-order valence-corrected chi connectivity index (χ0v) is 23.2. The van der Waals surface area contributed by atoms with Crippen molar-refractivity contribution in [2.45, 2.75) is 102 Å². The van der Waals surface area contributed by atoms with Gasteiger partial charge in [0.25, 0.3) is 0 Å². The number of aliphatic hydroxyl groups excluding tert-OH is 3. The van der Waals surface area contributed by atoms with Crippen molar-refractivity contribution in [3.05, 3.63) is 24.3 Å². The molecule has 2 spiro atoms. The van der Waals surface area contributed by atoms with E-state index in [9.17, 15) is 24.9 Å². The maximum atomic E-state index is 13.1. The lowest BCUT2D eigenvalue weighted by atomic mass is 9.49. The highest BCUT2D eigenvalue weighted by Crippen LogP contribution is 2.72. The van der Waals surface area contributed by atoms with Gasteiger partial charge >= 0.3 is 11.9 Å². The lowest BCUT2D eigenvalue weighted by Gasteiger charge is -2.60. The Bertz CT molecular complexity index is 1000. The molecule has 218 valence electrons. The Labute approximate surface area is 229 Å². The van der Waals surface area contributed by atoms with E-state index >= 15 is 0 Å². The van der Waals surface area contributed by atoms with Gasteiger partial charge in [0.15, 0.2) is 6.10 Å². The minimum absolute atomic E-state index is 0.0201. The molecule has 2 saturated carbocycles. The van der Waals surface area contributed by atoms with Crippen LogP contribution >= 0.6 is 0 Å². The number of hydrogen-bond donors (Lipinski definition) is 3. The molecule has 2 bridgehead atoms. The van der Waals surface area contributed by atoms with Crippen LogP contribution in [0, 0.1) is 22.7 Å². The quantitative estimate of drug-likeness (QED) is 0.324. The summed E-state index contributed by atoms with van der Waals surface area (Å²) in [6.45, 7) is 7.84. The van der Waals surface area contributed by atoms with Crippen molar-refractivity contribution >= 4 is 11.9 Å². The number of allylic oxidation sites excluding steroid dienone is 2. The Morgan fingerprint density at radius 2 is 1.77 bits per heavy atom. The van der Waals surface area contributed by atoms with Crippen LogP contribution in [0.3, 0.4) is 0 Å². The third-order valence-electron chi connectivity index (χ3n) is 10.2. The molecule has 5 aliphatic rings. The van der Waals surface area contributed by atoms with Crippen LogP contribution < -0.4 is 0 Å². The summed E-state index contributed by atoms with van der Waals surface area (Å²) < 4.78 is 30.4. The number of esters is 2. The van der Waals surface area contributed by atoms with Crippen LogP contribution in [0.25, 0.3) is 0 Å². The average Bonchev–Trinajstić information content (AvgIpc) is 3.67. The summed E-state index contributed by atoms with van der Waals surface area (Å²) in [4.78, 5) is 26.1. The van der Waals surface area contributed by atoms with E-state index in [-0.39, 0.29) is 37.8 Å². The summed E-state index contributed by atoms with van der Waals surface area (Å²) in [7, 11) is 0. The van der Waals surface area contributed by atoms with Gasteiger partial charge in [-0.1, -0.05) is 39.0 Å². The van der Waals surface area contributed by atoms with Gasteiger partial charge in [-0.2, -0.15) is 0 Å². The van der Waals surface area contributed by atoms with Gasteiger partial charge in [0.2, 0.25) is 0 Å². The summed E-state index contributed by atoms with van der Waals surface area (Å²) in [6.07, 6.45) is 3.05. The zero-order valence-electron chi connectivity index (χ0n) is 23.2. The third-order valence-corrected chi connectivity index (χ3v) is 10.2. The lowest BCUT2D eigenvalue weighted by Crippen LogP contribution is -2.69. The predicted octanol–water partition coefficient (Wildman–Crippen LogP) is 1.44. The number of ether oxygens (including phenoxy) is 5. The summed E-state index contributed by atoms with van der Waals surface area (Å²) >= 11 is 0. The van der Waals surface area contributed by atoms with Gasteiger partial charge in [-0.05, 0) is 38.0 Å². The molecular weight excluding hydrogens is 508 g/mol. The number of carbonyl (C=O) groups is 2. The summed E-state index contributed by atoms with van der Waals surface area (Å²) in [5.41, 5.74) is -2.41. The standard InChI is InChI=1S/C29H42O10/c1-16-9-10-35-20(18(3)30)7-5-6-8-24(32)39-21-12-23-29(15-37-29)27(21,4)28(14-36-26(34)25(16)33)13-19(31)17(2)11-22(28)38-23/h5-8,16-23,25,30-31,33H,9-15H2,1-4H3/b7-5+,8-6-/t16?,17-,18?,19-,20?,21-,22-,23-,25?,27-,28-,29?/m1/s1. The fourth-order valence-electron chi connectivity index (χ4n) is 7.43. The first kappa shape index (κ1) is 28.7. The van der Waals surface area contributed by atoms with Crippen LogP contribution in [0.1, 0.15) is 53.4 Å². The second-order valence-electron chi connectivity index (χ2n) is 12.4. The first-order valence-electron chi connectivity index (χ1n) is 14.1. The molecule has 0 aromatic heterocycles. The SMILES string of the molecule is CC(O)C1/C=C/C=C\C(=O)O[C@@H]2C[C@H]3O[C@@H]4C[C@@H](C)[C@H](O)C[C@]4(COC(=O)C(O)C(C)CCO1)[C@]2(C)C31CO1. The molecule has 5 unspecified atom stereocenters. The minimum atomic E-state index is -1.38. The summed E-state index contributed by atoms with van der Waals surface area (Å²) in [5, 5.41) is 31.9. The van der Waals surface area contributed by atoms with Crippen molar-refractivity contribution in [3.8, 4) is 0 Å². The van der Waals surface area contributed by atoms with Crippen LogP contribution in [0.15, 0.2) is 24.3 Å². The van der Waals surface area contributed by atoms with Crippen molar-refractivity contribution in [2.75, 3.05) is 19.8 Å². The van der Waals surface area contributed by atoms with Crippen molar-refractivity contribution in [1.82, 2.24) is 0 Å². The van der Waals surface area contributed by atoms with Gasteiger partial charge in [-0.25, -0.2) is 9.59 Å². The van der Waals surface area contributed by atoms with Gasteiger partial charge in [0.05, 0.1) is 36.4 Å². The molecule has 3 heterocycles. The van der Waals surface area contributed by atoms with E-state index in [1.54, 1.807) is 32.1 Å². The van der Waals surface area contributed by atoms with Crippen LogP contribution in [0.4, 0.5) is 0 Å². The van der Waals surface area contributed by atoms with Gasteiger partial charge in [0, 0.05) is 24.5 Å². The van der Waals surface area contributed by atoms with Gasteiger partial charge in [0.1, 0.15) is 24.4 Å². The van der Waals surface area contributed by atoms with E-state index in [0.717, 1.165) is 0 Å². The summed E-state index contributed by atoms with van der Waals surface area (Å²) in [6, 6.07) is 0. The average molecular weight is 551 g/mol. The molecule has 39 heavy (non-hydrogen) atoms. The maximum Gasteiger partial charge on any atom is 0.335 e. The van der Waals surface area contributed by atoms with E-state index in [2.05, 4.69) is 0 Å². The van der Waals surface area contributed by atoms with Gasteiger partial charge < -0.3 is 39.0 Å². The lowest BCUT2D eigenvalue weighted by molar-refractivity contribution is -0.269. The zero-order chi connectivity index (χ0) is 28.2. The molecule has 12 atom stereocenters. The fraction of sp³-hybridized carbons (Fsp3) is 0.793. The first-order chi connectivity index (χ1) is 18.4. The number of hydrogen-bond acceptors (Lipinski definition) is 10. The molecule has 3 N–H and O–H groups in total. The molecule has 2 saturated heterocycles. The maximum absolute atomic E-state index is 13.1. The monoisotopic (exact) mass is 550 g/mol. The summed E-state index contributed by atoms with van der Waals surface area (Å²) in [5.74, 6) is -1.78. The van der Waals surface area contributed by atoms with Crippen molar-refractivity contribution in [3.63, 3.8) is 0 Å². The normalized spacial score (nSPS) is 51.1. The largest absolute Gasteiger partial charge is 0.463 e. The van der Waals surface area contributed by atoms with E-state index in [1.807, 2.05) is 13.8 Å². The topological polar surface area (TPSA) is 144 Å². The Morgan fingerprint density at radius 1 is 1.03 bits per heavy atom. The van der Waals surface area contributed by atoms with Crippen LogP contribution in [0.2, 0.25) is 0 Å². The Kier molecular flexibility index (Phi) is 7.76. The predicted molar refractivity (Wildman–Crippen MR) is 137 cm³/mol. The van der Waals surface area contributed by atoms with E-state index in [4.69, 9.17) is 23.7 Å². The Hall–Kier alpha value is -1.82.